The third kappa shape index (κ3) is 3.17. The number of benzene rings is 1. The van der Waals surface area contributed by atoms with Crippen molar-refractivity contribution in [1.29, 1.82) is 0 Å². The molecule has 2 rings (SSSR count). The Morgan fingerprint density at radius 1 is 1.32 bits per heavy atom. The van der Waals surface area contributed by atoms with Gasteiger partial charge in [-0.2, -0.15) is 0 Å². The van der Waals surface area contributed by atoms with Crippen LogP contribution < -0.4 is 10.4 Å². The molecule has 1 aromatic carbocycles. The van der Waals surface area contributed by atoms with Gasteiger partial charge in [0.05, 0.1) is 5.69 Å². The summed E-state index contributed by atoms with van der Waals surface area (Å²) in [6, 6.07) is 9.15. The highest BCUT2D eigenvalue weighted by Crippen LogP contribution is 2.38. The van der Waals surface area contributed by atoms with E-state index in [1.807, 2.05) is 25.1 Å². The Morgan fingerprint density at radius 2 is 2.00 bits per heavy atom. The standard InChI is InChI=1S/C17H21ClN2O2/c1-3-4-11-17(12-10-13(2)18)15(21)19-20(16(17)22)14-8-6-5-7-9-14/h5-10H,3-4,11-12H2,1-2H3,(H,19,21)/b13-10-. The first-order valence-corrected chi connectivity index (χ1v) is 7.92. The molecule has 0 aromatic heterocycles. The molecular weight excluding hydrogens is 300 g/mol. The zero-order chi connectivity index (χ0) is 16.2. The maximum absolute atomic E-state index is 12.9. The second-order valence-electron chi connectivity index (χ2n) is 5.60. The van der Waals surface area contributed by atoms with Gasteiger partial charge in [0.15, 0.2) is 0 Å². The van der Waals surface area contributed by atoms with Crippen molar-refractivity contribution in [2.45, 2.75) is 39.5 Å². The number of nitrogens with zero attached hydrogens (tertiary/aromatic N) is 1. The van der Waals surface area contributed by atoms with Crippen molar-refractivity contribution in [2.24, 2.45) is 5.41 Å². The number of anilines is 1. The molecule has 0 aliphatic carbocycles. The van der Waals surface area contributed by atoms with E-state index in [0.29, 0.717) is 23.6 Å². The van der Waals surface area contributed by atoms with Gasteiger partial charge in [0.1, 0.15) is 5.41 Å². The van der Waals surface area contributed by atoms with Crippen LogP contribution in [0.4, 0.5) is 5.69 Å². The van der Waals surface area contributed by atoms with Crippen LogP contribution in [0.3, 0.4) is 0 Å². The molecule has 5 heteroatoms. The van der Waals surface area contributed by atoms with E-state index in [1.165, 1.54) is 5.01 Å². The average molecular weight is 321 g/mol. The first-order chi connectivity index (χ1) is 10.5. The van der Waals surface area contributed by atoms with E-state index in [9.17, 15) is 9.59 Å². The minimum Gasteiger partial charge on any atom is -0.272 e. The molecule has 1 aliphatic rings. The second kappa shape index (κ2) is 6.97. The Morgan fingerprint density at radius 3 is 2.59 bits per heavy atom. The fraction of sp³-hybridized carbons (Fsp3) is 0.412. The molecule has 2 amide bonds. The van der Waals surface area contributed by atoms with Crippen molar-refractivity contribution in [3.63, 3.8) is 0 Å². The minimum atomic E-state index is -1.05. The van der Waals surface area contributed by atoms with Gasteiger partial charge >= 0.3 is 0 Å². The lowest BCUT2D eigenvalue weighted by atomic mass is 9.78. The Balaban J connectivity index is 2.34. The number of para-hydroxylation sites is 1. The van der Waals surface area contributed by atoms with Crippen LogP contribution in [-0.4, -0.2) is 11.8 Å². The molecule has 1 atom stereocenters. The van der Waals surface area contributed by atoms with Gasteiger partial charge in [-0.1, -0.05) is 55.6 Å². The fourth-order valence-corrected chi connectivity index (χ4v) is 2.70. The van der Waals surface area contributed by atoms with Crippen LogP contribution in [0.15, 0.2) is 41.4 Å². The Hall–Kier alpha value is -1.81. The van der Waals surface area contributed by atoms with Gasteiger partial charge in [-0.15, -0.1) is 0 Å². The summed E-state index contributed by atoms with van der Waals surface area (Å²) in [5.41, 5.74) is 2.33. The lowest BCUT2D eigenvalue weighted by Gasteiger charge is -2.23. The van der Waals surface area contributed by atoms with E-state index in [-0.39, 0.29) is 11.8 Å². The number of hydrazine groups is 1. The summed E-state index contributed by atoms with van der Waals surface area (Å²) in [7, 11) is 0. The number of halogens is 1. The number of hydrogen-bond acceptors (Lipinski definition) is 2. The van der Waals surface area contributed by atoms with E-state index in [1.54, 1.807) is 25.1 Å². The van der Waals surface area contributed by atoms with Gasteiger partial charge in [0, 0.05) is 5.03 Å². The van der Waals surface area contributed by atoms with Gasteiger partial charge < -0.3 is 0 Å². The maximum Gasteiger partial charge on any atom is 0.261 e. The molecule has 1 unspecified atom stereocenters. The molecule has 4 nitrogen and oxygen atoms in total. The van der Waals surface area contributed by atoms with Gasteiger partial charge in [-0.3, -0.25) is 15.0 Å². The molecule has 0 bridgehead atoms. The van der Waals surface area contributed by atoms with E-state index in [2.05, 4.69) is 5.43 Å². The number of allylic oxidation sites excluding steroid dienone is 2. The molecule has 1 heterocycles. The smallest absolute Gasteiger partial charge is 0.261 e. The normalized spacial score (nSPS) is 22.1. The molecule has 0 radical (unpaired) electrons. The number of carbonyl (C=O) groups is 2. The van der Waals surface area contributed by atoms with E-state index in [0.717, 1.165) is 12.8 Å². The van der Waals surface area contributed by atoms with Crippen molar-refractivity contribution in [3.8, 4) is 0 Å². The third-order valence-corrected chi connectivity index (χ3v) is 4.12. The van der Waals surface area contributed by atoms with E-state index >= 15 is 0 Å². The summed E-state index contributed by atoms with van der Waals surface area (Å²) in [5.74, 6) is -0.449. The number of hydrogen-bond donors (Lipinski definition) is 1. The molecule has 0 spiro atoms. The molecule has 1 saturated heterocycles. The monoisotopic (exact) mass is 320 g/mol. The van der Waals surface area contributed by atoms with Crippen LogP contribution in [0.5, 0.6) is 0 Å². The summed E-state index contributed by atoms with van der Waals surface area (Å²) in [5, 5.41) is 1.95. The SMILES string of the molecule is CCCCC1(C/C=C(/C)Cl)C(=O)NN(c2ccccc2)C1=O. The molecule has 1 aromatic rings. The van der Waals surface area contributed by atoms with Crippen LogP contribution >= 0.6 is 11.6 Å². The van der Waals surface area contributed by atoms with Crippen molar-refractivity contribution in [3.05, 3.63) is 41.4 Å². The highest BCUT2D eigenvalue weighted by molar-refractivity contribution is 6.29. The van der Waals surface area contributed by atoms with Gasteiger partial charge in [-0.25, -0.2) is 5.01 Å². The second-order valence-corrected chi connectivity index (χ2v) is 6.19. The van der Waals surface area contributed by atoms with Crippen LogP contribution in [-0.2, 0) is 9.59 Å². The molecule has 118 valence electrons. The third-order valence-electron chi connectivity index (χ3n) is 3.96. The quantitative estimate of drug-likeness (QED) is 0.811. The fourth-order valence-electron chi connectivity index (χ4n) is 2.63. The predicted octanol–water partition coefficient (Wildman–Crippen LogP) is 3.77. The first kappa shape index (κ1) is 16.6. The Labute approximate surface area is 136 Å². The summed E-state index contributed by atoms with van der Waals surface area (Å²) < 4.78 is 0. The molecule has 1 fully saturated rings. The van der Waals surface area contributed by atoms with Crippen LogP contribution in [0.1, 0.15) is 39.5 Å². The molecule has 1 aliphatic heterocycles. The highest BCUT2D eigenvalue weighted by Gasteiger charge is 2.53. The van der Waals surface area contributed by atoms with Gasteiger partial charge in [0.2, 0.25) is 0 Å². The molecular formula is C17H21ClN2O2. The Kier molecular flexibility index (Phi) is 5.24. The van der Waals surface area contributed by atoms with Crippen molar-refractivity contribution in [1.82, 2.24) is 5.43 Å². The lowest BCUT2D eigenvalue weighted by Crippen LogP contribution is -2.37. The van der Waals surface area contributed by atoms with Crippen molar-refractivity contribution in [2.75, 3.05) is 5.01 Å². The van der Waals surface area contributed by atoms with Crippen LogP contribution in [0, 0.1) is 5.41 Å². The van der Waals surface area contributed by atoms with Gasteiger partial charge in [0.25, 0.3) is 11.8 Å². The van der Waals surface area contributed by atoms with Crippen molar-refractivity contribution >= 4 is 29.1 Å². The number of rotatable bonds is 6. The molecule has 1 N–H and O–H groups in total. The lowest BCUT2D eigenvalue weighted by molar-refractivity contribution is -0.135. The van der Waals surface area contributed by atoms with E-state index in [4.69, 9.17) is 11.6 Å². The summed E-state index contributed by atoms with van der Waals surface area (Å²) >= 11 is 5.91. The maximum atomic E-state index is 12.9. The first-order valence-electron chi connectivity index (χ1n) is 7.54. The number of nitrogens with one attached hydrogen (secondary N) is 1. The largest absolute Gasteiger partial charge is 0.272 e. The molecule has 22 heavy (non-hydrogen) atoms. The van der Waals surface area contributed by atoms with Crippen LogP contribution in [0.25, 0.3) is 0 Å². The average Bonchev–Trinajstić information content (AvgIpc) is 2.76. The Bertz CT molecular complexity index is 582. The van der Waals surface area contributed by atoms with Gasteiger partial charge in [-0.05, 0) is 31.9 Å². The number of carbonyl (C=O) groups excluding carboxylic acids is 2. The highest BCUT2D eigenvalue weighted by atomic mass is 35.5. The predicted molar refractivity (Wildman–Crippen MR) is 88.3 cm³/mol. The number of amides is 2. The zero-order valence-corrected chi connectivity index (χ0v) is 13.7. The summed E-state index contributed by atoms with van der Waals surface area (Å²) in [6.45, 7) is 3.80. The molecule has 0 saturated carbocycles. The van der Waals surface area contributed by atoms with E-state index < -0.39 is 5.41 Å². The zero-order valence-electron chi connectivity index (χ0n) is 12.9. The van der Waals surface area contributed by atoms with Crippen molar-refractivity contribution < 1.29 is 9.59 Å². The minimum absolute atomic E-state index is 0.202. The summed E-state index contributed by atoms with van der Waals surface area (Å²) in [4.78, 5) is 25.5. The topological polar surface area (TPSA) is 49.4 Å². The van der Waals surface area contributed by atoms with Crippen LogP contribution in [0.2, 0.25) is 0 Å². The number of unbranched alkanes of at least 4 members (excludes halogenated alkanes) is 1. The summed E-state index contributed by atoms with van der Waals surface area (Å²) in [6.07, 6.45) is 4.35.